The highest BCUT2D eigenvalue weighted by Crippen LogP contribution is 2.25. The lowest BCUT2D eigenvalue weighted by Gasteiger charge is -2.08. The fourth-order valence-corrected chi connectivity index (χ4v) is 2.12. The Morgan fingerprint density at radius 2 is 1.83 bits per heavy atom. The summed E-state index contributed by atoms with van der Waals surface area (Å²) in [4.78, 5) is 32.4. The second-order valence-electron chi connectivity index (χ2n) is 4.67. The van der Waals surface area contributed by atoms with Crippen LogP contribution in [0.4, 0.5) is 11.4 Å². The predicted molar refractivity (Wildman–Crippen MR) is 84.0 cm³/mol. The van der Waals surface area contributed by atoms with Gasteiger partial charge in [0, 0.05) is 35.3 Å². The SMILES string of the molecule is O=C(NCc1cc([N+](=O)[O-])ccc1O)c1cc(Cl)ccc1[N+](=O)[O-]. The summed E-state index contributed by atoms with van der Waals surface area (Å²) >= 11 is 5.75. The summed E-state index contributed by atoms with van der Waals surface area (Å²) in [7, 11) is 0. The molecule has 0 aromatic heterocycles. The molecule has 2 N–H and O–H groups in total. The van der Waals surface area contributed by atoms with Gasteiger partial charge in [-0.2, -0.15) is 0 Å². The number of phenolic OH excluding ortho intramolecular Hbond substituents is 1. The van der Waals surface area contributed by atoms with E-state index < -0.39 is 21.4 Å². The van der Waals surface area contributed by atoms with Crippen molar-refractivity contribution < 1.29 is 19.7 Å². The summed E-state index contributed by atoms with van der Waals surface area (Å²) < 4.78 is 0. The molecule has 0 bridgehead atoms. The van der Waals surface area contributed by atoms with Crippen LogP contribution in [0, 0.1) is 20.2 Å². The van der Waals surface area contributed by atoms with Crippen molar-refractivity contribution in [1.29, 1.82) is 0 Å². The zero-order valence-corrected chi connectivity index (χ0v) is 12.7. The van der Waals surface area contributed by atoms with Gasteiger partial charge in [0.1, 0.15) is 11.3 Å². The summed E-state index contributed by atoms with van der Waals surface area (Å²) in [5, 5.41) is 33.9. The average molecular weight is 352 g/mol. The molecule has 2 aromatic carbocycles. The van der Waals surface area contributed by atoms with Gasteiger partial charge in [0.15, 0.2) is 0 Å². The standard InChI is InChI=1S/C14H10ClN3O6/c15-9-1-3-12(18(23)24)11(6-9)14(20)16-7-8-5-10(17(21)22)2-4-13(8)19/h1-6,19H,7H2,(H,16,20). The van der Waals surface area contributed by atoms with Crippen LogP contribution >= 0.6 is 11.6 Å². The van der Waals surface area contributed by atoms with E-state index in [0.717, 1.165) is 30.3 Å². The quantitative estimate of drug-likeness (QED) is 0.627. The lowest BCUT2D eigenvalue weighted by Crippen LogP contribution is -2.23. The number of rotatable bonds is 5. The van der Waals surface area contributed by atoms with Gasteiger partial charge >= 0.3 is 0 Å². The highest BCUT2D eigenvalue weighted by molar-refractivity contribution is 6.31. The zero-order valence-electron chi connectivity index (χ0n) is 11.9. The molecule has 0 spiro atoms. The molecule has 1 amide bonds. The summed E-state index contributed by atoms with van der Waals surface area (Å²) in [6.07, 6.45) is 0. The zero-order chi connectivity index (χ0) is 17.9. The highest BCUT2D eigenvalue weighted by atomic mass is 35.5. The molecule has 0 heterocycles. The van der Waals surface area contributed by atoms with Crippen molar-refractivity contribution in [3.05, 3.63) is 72.8 Å². The number of phenols is 1. The van der Waals surface area contributed by atoms with Gasteiger partial charge in [-0.25, -0.2) is 0 Å². The molecule has 0 radical (unpaired) electrons. The molecule has 0 unspecified atom stereocenters. The first kappa shape index (κ1) is 17.2. The van der Waals surface area contributed by atoms with Crippen molar-refractivity contribution in [1.82, 2.24) is 5.32 Å². The fourth-order valence-electron chi connectivity index (χ4n) is 1.95. The number of non-ortho nitro benzene ring substituents is 1. The van der Waals surface area contributed by atoms with Gasteiger partial charge in [0.2, 0.25) is 0 Å². The first-order valence-corrected chi connectivity index (χ1v) is 6.86. The number of hydrogen-bond acceptors (Lipinski definition) is 6. The lowest BCUT2D eigenvalue weighted by atomic mass is 10.1. The second-order valence-corrected chi connectivity index (χ2v) is 5.11. The number of amides is 1. The molecule has 0 aliphatic heterocycles. The van der Waals surface area contributed by atoms with E-state index in [1.165, 1.54) is 6.07 Å². The van der Waals surface area contributed by atoms with Gasteiger partial charge < -0.3 is 10.4 Å². The lowest BCUT2D eigenvalue weighted by molar-refractivity contribution is -0.385. The van der Waals surface area contributed by atoms with Crippen molar-refractivity contribution in [3.8, 4) is 5.75 Å². The largest absolute Gasteiger partial charge is 0.508 e. The molecular formula is C14H10ClN3O6. The third-order valence-corrected chi connectivity index (χ3v) is 3.35. The van der Waals surface area contributed by atoms with Crippen molar-refractivity contribution in [3.63, 3.8) is 0 Å². The van der Waals surface area contributed by atoms with Gasteiger partial charge in [0.25, 0.3) is 17.3 Å². The molecule has 124 valence electrons. The minimum atomic E-state index is -0.796. The Balaban J connectivity index is 2.23. The molecule has 9 nitrogen and oxygen atoms in total. The summed E-state index contributed by atoms with van der Waals surface area (Å²) in [6, 6.07) is 6.86. The normalized spacial score (nSPS) is 10.2. The molecule has 0 aliphatic rings. The van der Waals surface area contributed by atoms with Crippen LogP contribution in [0.5, 0.6) is 5.75 Å². The van der Waals surface area contributed by atoms with E-state index in [2.05, 4.69) is 5.32 Å². The number of halogens is 1. The number of hydrogen-bond donors (Lipinski definition) is 2. The van der Waals surface area contributed by atoms with E-state index in [1.807, 2.05) is 0 Å². The fraction of sp³-hybridized carbons (Fsp3) is 0.0714. The predicted octanol–water partition coefficient (Wildman–Crippen LogP) is 2.79. The molecule has 0 saturated carbocycles. The Bertz CT molecular complexity index is 839. The highest BCUT2D eigenvalue weighted by Gasteiger charge is 2.21. The van der Waals surface area contributed by atoms with Crippen molar-refractivity contribution in [2.75, 3.05) is 0 Å². The Morgan fingerprint density at radius 3 is 2.46 bits per heavy atom. The minimum Gasteiger partial charge on any atom is -0.508 e. The number of benzene rings is 2. The molecule has 0 fully saturated rings. The first-order valence-electron chi connectivity index (χ1n) is 6.48. The number of carbonyl (C=O) groups excluding carboxylic acids is 1. The maximum atomic E-state index is 12.1. The second kappa shape index (κ2) is 6.92. The number of carbonyl (C=O) groups is 1. The van der Waals surface area contributed by atoms with Crippen LogP contribution < -0.4 is 5.32 Å². The Hall–Kier alpha value is -3.20. The molecule has 2 rings (SSSR count). The van der Waals surface area contributed by atoms with Crippen LogP contribution in [0.15, 0.2) is 36.4 Å². The molecule has 0 saturated heterocycles. The third-order valence-electron chi connectivity index (χ3n) is 3.11. The van der Waals surface area contributed by atoms with Crippen LogP contribution in [-0.4, -0.2) is 20.9 Å². The number of nitro groups is 2. The van der Waals surface area contributed by atoms with Crippen LogP contribution in [-0.2, 0) is 6.54 Å². The number of aromatic hydroxyl groups is 1. The number of nitrogens with one attached hydrogen (secondary N) is 1. The Kier molecular flexibility index (Phi) is 4.95. The maximum absolute atomic E-state index is 12.1. The first-order chi connectivity index (χ1) is 11.3. The van der Waals surface area contributed by atoms with Crippen molar-refractivity contribution in [2.45, 2.75) is 6.54 Å². The van der Waals surface area contributed by atoms with Crippen LogP contribution in [0.3, 0.4) is 0 Å². The molecule has 2 aromatic rings. The van der Waals surface area contributed by atoms with Crippen LogP contribution in [0.2, 0.25) is 5.02 Å². The maximum Gasteiger partial charge on any atom is 0.282 e. The average Bonchev–Trinajstić information content (AvgIpc) is 2.53. The van der Waals surface area contributed by atoms with E-state index in [9.17, 15) is 30.1 Å². The van der Waals surface area contributed by atoms with Gasteiger partial charge in [0.05, 0.1) is 9.85 Å². The van der Waals surface area contributed by atoms with E-state index in [1.54, 1.807) is 0 Å². The van der Waals surface area contributed by atoms with Gasteiger partial charge in [-0.1, -0.05) is 11.6 Å². The van der Waals surface area contributed by atoms with Gasteiger partial charge in [-0.3, -0.25) is 25.0 Å². The topological polar surface area (TPSA) is 136 Å². The van der Waals surface area contributed by atoms with E-state index in [-0.39, 0.29) is 34.1 Å². The van der Waals surface area contributed by atoms with Gasteiger partial charge in [-0.15, -0.1) is 0 Å². The van der Waals surface area contributed by atoms with Crippen LogP contribution in [0.1, 0.15) is 15.9 Å². The number of nitrogens with zero attached hydrogens (tertiary/aromatic N) is 2. The van der Waals surface area contributed by atoms with Crippen molar-refractivity contribution >= 4 is 28.9 Å². The smallest absolute Gasteiger partial charge is 0.282 e. The Morgan fingerprint density at radius 1 is 1.12 bits per heavy atom. The monoisotopic (exact) mass is 351 g/mol. The molecule has 10 heteroatoms. The van der Waals surface area contributed by atoms with Crippen LogP contribution in [0.25, 0.3) is 0 Å². The summed E-state index contributed by atoms with van der Waals surface area (Å²) in [5.74, 6) is -1.04. The number of nitro benzene ring substituents is 2. The summed E-state index contributed by atoms with van der Waals surface area (Å²) in [6.45, 7) is -0.254. The molecule has 0 atom stereocenters. The van der Waals surface area contributed by atoms with Crippen molar-refractivity contribution in [2.24, 2.45) is 0 Å². The molecule has 0 aliphatic carbocycles. The van der Waals surface area contributed by atoms with E-state index in [4.69, 9.17) is 11.6 Å². The Labute approximate surface area is 139 Å². The molecular weight excluding hydrogens is 342 g/mol. The minimum absolute atomic E-state index is 0.0993. The third kappa shape index (κ3) is 3.76. The summed E-state index contributed by atoms with van der Waals surface area (Å²) in [5.41, 5.74) is -0.842. The molecule has 24 heavy (non-hydrogen) atoms. The van der Waals surface area contributed by atoms with E-state index >= 15 is 0 Å². The van der Waals surface area contributed by atoms with Gasteiger partial charge in [-0.05, 0) is 18.2 Å². The van der Waals surface area contributed by atoms with E-state index in [0.29, 0.717) is 0 Å².